The van der Waals surface area contributed by atoms with E-state index < -0.39 is 8.32 Å². The molecule has 1 atom stereocenters. The molecule has 0 aliphatic heterocycles. The predicted molar refractivity (Wildman–Crippen MR) is 111 cm³/mol. The summed E-state index contributed by atoms with van der Waals surface area (Å²) in [5, 5.41) is 2.62. The highest BCUT2D eigenvalue weighted by atomic mass is 28.4. The lowest BCUT2D eigenvalue weighted by Crippen LogP contribution is -2.44. The van der Waals surface area contributed by atoms with Gasteiger partial charge in [-0.2, -0.15) is 0 Å². The molecule has 0 unspecified atom stereocenters. The van der Waals surface area contributed by atoms with Gasteiger partial charge in [0, 0.05) is 12.5 Å². The molecule has 26 heavy (non-hydrogen) atoms. The van der Waals surface area contributed by atoms with Crippen molar-refractivity contribution < 1.29 is 14.0 Å². The number of methoxy groups -OCH3 is 1. The molecule has 0 heterocycles. The van der Waals surface area contributed by atoms with Gasteiger partial charge in [0.05, 0.1) is 7.11 Å². The Balaban J connectivity index is 2.19. The number of ether oxygens (including phenoxy) is 1. The van der Waals surface area contributed by atoms with Gasteiger partial charge in [0.25, 0.3) is 0 Å². The molecule has 3 nitrogen and oxygen atoms in total. The van der Waals surface area contributed by atoms with Crippen molar-refractivity contribution in [3.8, 4) is 0 Å². The average Bonchev–Trinajstić information content (AvgIpc) is 2.58. The normalized spacial score (nSPS) is 13.6. The number of hydrogen-bond acceptors (Lipinski definition) is 3. The van der Waals surface area contributed by atoms with Gasteiger partial charge < -0.3 is 9.16 Å². The van der Waals surface area contributed by atoms with Crippen LogP contribution in [0.25, 0.3) is 10.8 Å². The highest BCUT2D eigenvalue weighted by Gasteiger charge is 2.39. The molecule has 0 aliphatic rings. The molecule has 0 spiro atoms. The summed E-state index contributed by atoms with van der Waals surface area (Å²) in [7, 11) is -0.470. The summed E-state index contributed by atoms with van der Waals surface area (Å²) in [6.45, 7) is 11.3. The quantitative estimate of drug-likeness (QED) is 0.460. The maximum Gasteiger partial charge on any atom is 0.305 e. The molecule has 0 amide bonds. The van der Waals surface area contributed by atoms with Crippen LogP contribution in [0.4, 0.5) is 0 Å². The van der Waals surface area contributed by atoms with Gasteiger partial charge in [-0.1, -0.05) is 63.2 Å². The molecule has 0 saturated heterocycles. The fraction of sp³-hybridized carbons (Fsp3) is 0.500. The molecule has 2 aromatic carbocycles. The van der Waals surface area contributed by atoms with E-state index in [1.165, 1.54) is 23.4 Å². The predicted octanol–water partition coefficient (Wildman–Crippen LogP) is 5.73. The van der Waals surface area contributed by atoms with Gasteiger partial charge in [-0.05, 0) is 47.3 Å². The Hall–Kier alpha value is -1.65. The third-order valence-corrected chi connectivity index (χ3v) is 9.98. The van der Waals surface area contributed by atoms with Crippen LogP contribution in [0, 0.1) is 0 Å². The molecule has 142 valence electrons. The van der Waals surface area contributed by atoms with Crippen molar-refractivity contribution in [3.63, 3.8) is 0 Å². The summed E-state index contributed by atoms with van der Waals surface area (Å²) >= 11 is 0. The molecule has 2 rings (SSSR count). The fourth-order valence-electron chi connectivity index (χ4n) is 2.81. The Morgan fingerprint density at radius 1 is 1.08 bits per heavy atom. The minimum atomic E-state index is -1.91. The standard InChI is InChI=1S/C22H32O3Si/c1-22(2,3)26(5,6)25-20(13-14-21(23)24-4)16-17-11-12-18-9-7-8-10-19(18)15-17/h7-12,15,20H,13-14,16H2,1-6H3/t20-/m0/s1. The van der Waals surface area contributed by atoms with Crippen LogP contribution in [0.3, 0.4) is 0 Å². The molecule has 0 saturated carbocycles. The van der Waals surface area contributed by atoms with Crippen molar-refractivity contribution in [1.82, 2.24) is 0 Å². The van der Waals surface area contributed by atoms with E-state index in [0.717, 1.165) is 6.42 Å². The number of esters is 1. The van der Waals surface area contributed by atoms with Gasteiger partial charge in [0.2, 0.25) is 0 Å². The first kappa shape index (κ1) is 20.7. The monoisotopic (exact) mass is 372 g/mol. The third kappa shape index (κ3) is 5.42. The van der Waals surface area contributed by atoms with Crippen molar-refractivity contribution in [3.05, 3.63) is 48.0 Å². The molecule has 0 radical (unpaired) electrons. The Morgan fingerprint density at radius 3 is 2.35 bits per heavy atom. The largest absolute Gasteiger partial charge is 0.469 e. The second-order valence-corrected chi connectivity index (χ2v) is 13.3. The summed E-state index contributed by atoms with van der Waals surface area (Å²) in [5.74, 6) is -0.174. The van der Waals surface area contributed by atoms with E-state index in [1.807, 2.05) is 0 Å². The number of carbonyl (C=O) groups is 1. The molecular weight excluding hydrogens is 340 g/mol. The van der Waals surface area contributed by atoms with E-state index in [2.05, 4.69) is 76.3 Å². The van der Waals surface area contributed by atoms with Crippen LogP contribution in [0.1, 0.15) is 39.2 Å². The Kier molecular flexibility index (Phi) is 6.64. The van der Waals surface area contributed by atoms with Crippen LogP contribution in [0.15, 0.2) is 42.5 Å². The molecule has 0 N–H and O–H groups in total. The van der Waals surface area contributed by atoms with Crippen molar-refractivity contribution >= 4 is 25.1 Å². The van der Waals surface area contributed by atoms with E-state index in [1.54, 1.807) is 0 Å². The van der Waals surface area contributed by atoms with E-state index >= 15 is 0 Å². The van der Waals surface area contributed by atoms with Crippen molar-refractivity contribution in [1.29, 1.82) is 0 Å². The van der Waals surface area contributed by atoms with Crippen molar-refractivity contribution in [2.45, 2.75) is 64.3 Å². The summed E-state index contributed by atoms with van der Waals surface area (Å²) in [6, 6.07) is 14.9. The first-order valence-electron chi connectivity index (χ1n) is 9.35. The van der Waals surface area contributed by atoms with Gasteiger partial charge in [-0.15, -0.1) is 0 Å². The maximum absolute atomic E-state index is 11.6. The van der Waals surface area contributed by atoms with E-state index in [9.17, 15) is 4.79 Å². The summed E-state index contributed by atoms with van der Waals surface area (Å²) in [5.41, 5.74) is 1.25. The second-order valence-electron chi connectivity index (χ2n) is 8.50. The van der Waals surface area contributed by atoms with Gasteiger partial charge in [-0.25, -0.2) is 0 Å². The first-order valence-corrected chi connectivity index (χ1v) is 12.3. The molecule has 0 fully saturated rings. The zero-order chi connectivity index (χ0) is 19.4. The maximum atomic E-state index is 11.6. The van der Waals surface area contributed by atoms with Gasteiger partial charge in [-0.3, -0.25) is 4.79 Å². The minimum absolute atomic E-state index is 0.0242. The number of rotatable bonds is 7. The molecule has 0 aromatic heterocycles. The number of fused-ring (bicyclic) bond motifs is 1. The molecule has 0 bridgehead atoms. The van der Waals surface area contributed by atoms with E-state index in [-0.39, 0.29) is 17.1 Å². The van der Waals surface area contributed by atoms with Crippen molar-refractivity contribution in [2.75, 3.05) is 7.11 Å². The summed E-state index contributed by atoms with van der Waals surface area (Å²) in [4.78, 5) is 11.6. The first-order chi connectivity index (χ1) is 12.1. The lowest BCUT2D eigenvalue weighted by atomic mass is 10.0. The lowest BCUT2D eigenvalue weighted by molar-refractivity contribution is -0.141. The van der Waals surface area contributed by atoms with E-state index in [4.69, 9.17) is 9.16 Å². The highest BCUT2D eigenvalue weighted by Crippen LogP contribution is 2.38. The van der Waals surface area contributed by atoms with Crippen LogP contribution < -0.4 is 0 Å². The molecule has 2 aromatic rings. The molecule has 4 heteroatoms. The van der Waals surface area contributed by atoms with Gasteiger partial charge in [0.15, 0.2) is 8.32 Å². The van der Waals surface area contributed by atoms with Crippen LogP contribution in [-0.4, -0.2) is 27.5 Å². The van der Waals surface area contributed by atoms with Crippen molar-refractivity contribution in [2.24, 2.45) is 0 Å². The molecular formula is C22H32O3Si. The third-order valence-electron chi connectivity index (χ3n) is 5.44. The van der Waals surface area contributed by atoms with Crippen LogP contribution in [0.2, 0.25) is 18.1 Å². The number of hydrogen-bond donors (Lipinski definition) is 0. The lowest BCUT2D eigenvalue weighted by Gasteiger charge is -2.39. The zero-order valence-corrected chi connectivity index (χ0v) is 18.0. The van der Waals surface area contributed by atoms with Crippen LogP contribution in [0.5, 0.6) is 0 Å². The van der Waals surface area contributed by atoms with Crippen LogP contribution in [-0.2, 0) is 20.4 Å². The summed E-state index contributed by atoms with van der Waals surface area (Å²) < 4.78 is 11.5. The Labute approximate surface area is 158 Å². The van der Waals surface area contributed by atoms with E-state index in [0.29, 0.717) is 12.8 Å². The Morgan fingerprint density at radius 2 is 1.73 bits per heavy atom. The number of benzene rings is 2. The fourth-order valence-corrected chi connectivity index (χ4v) is 4.19. The topological polar surface area (TPSA) is 35.5 Å². The Bertz CT molecular complexity index is 746. The van der Waals surface area contributed by atoms with Gasteiger partial charge in [0.1, 0.15) is 0 Å². The summed E-state index contributed by atoms with van der Waals surface area (Å²) in [6.07, 6.45) is 1.92. The highest BCUT2D eigenvalue weighted by molar-refractivity contribution is 6.74. The minimum Gasteiger partial charge on any atom is -0.469 e. The zero-order valence-electron chi connectivity index (χ0n) is 17.0. The second kappa shape index (κ2) is 8.36. The van der Waals surface area contributed by atoms with Gasteiger partial charge >= 0.3 is 5.97 Å². The SMILES string of the molecule is COC(=O)CC[C@@H](Cc1ccc2ccccc2c1)O[Si](C)(C)C(C)(C)C. The van der Waals surface area contributed by atoms with Crippen LogP contribution >= 0.6 is 0 Å². The molecule has 0 aliphatic carbocycles. The average molecular weight is 373 g/mol. The number of carbonyl (C=O) groups excluding carboxylic acids is 1. The smallest absolute Gasteiger partial charge is 0.305 e.